The Morgan fingerprint density at radius 3 is 3.00 bits per heavy atom. The van der Waals surface area contributed by atoms with Gasteiger partial charge in [0.2, 0.25) is 11.8 Å². The maximum Gasteiger partial charge on any atom is 0.231 e. The third-order valence-electron chi connectivity index (χ3n) is 5.05. The van der Waals surface area contributed by atoms with E-state index in [0.717, 1.165) is 16.5 Å². The minimum absolute atomic E-state index is 0.0167. The molecule has 0 saturated carbocycles. The van der Waals surface area contributed by atoms with Gasteiger partial charge in [0.05, 0.1) is 18.9 Å². The highest BCUT2D eigenvalue weighted by Crippen LogP contribution is 2.32. The summed E-state index contributed by atoms with van der Waals surface area (Å²) in [6.07, 6.45) is 2.30. The molecule has 3 heterocycles. The van der Waals surface area contributed by atoms with Crippen LogP contribution in [0.5, 0.6) is 0 Å². The highest BCUT2D eigenvalue weighted by Gasteiger charge is 2.39. The van der Waals surface area contributed by atoms with Crippen molar-refractivity contribution >= 4 is 16.8 Å². The second-order valence-electron chi connectivity index (χ2n) is 6.84. The zero-order chi connectivity index (χ0) is 18.1. The number of fused-ring (bicyclic) bond motifs is 1. The number of hydrogen-bond donors (Lipinski definition) is 1. The predicted molar refractivity (Wildman–Crippen MR) is 95.7 cm³/mol. The quantitative estimate of drug-likeness (QED) is 0.760. The molecule has 26 heavy (non-hydrogen) atoms. The van der Waals surface area contributed by atoms with Crippen molar-refractivity contribution in [3.63, 3.8) is 0 Å². The number of aryl methyl sites for hydroxylation is 1. The molecule has 4 rings (SSSR count). The number of amides is 1. The molecule has 7 heteroatoms. The number of aromatic nitrogens is 3. The summed E-state index contributed by atoms with van der Waals surface area (Å²) in [5.41, 5.74) is 2.07. The van der Waals surface area contributed by atoms with Crippen LogP contribution in [0.3, 0.4) is 0 Å². The Balaban J connectivity index is 1.51. The van der Waals surface area contributed by atoms with Crippen molar-refractivity contribution in [1.82, 2.24) is 20.0 Å². The molecule has 2 aromatic heterocycles. The fraction of sp³-hybridized carbons (Fsp3) is 0.421. The van der Waals surface area contributed by atoms with Crippen molar-refractivity contribution < 1.29 is 14.1 Å². The second-order valence-corrected chi connectivity index (χ2v) is 6.84. The van der Waals surface area contributed by atoms with Gasteiger partial charge in [0.1, 0.15) is 0 Å². The molecule has 0 radical (unpaired) electrons. The van der Waals surface area contributed by atoms with Crippen LogP contribution in [0.25, 0.3) is 10.9 Å². The van der Waals surface area contributed by atoms with Crippen molar-refractivity contribution in [2.24, 2.45) is 5.92 Å². The first-order valence-electron chi connectivity index (χ1n) is 8.77. The summed E-state index contributed by atoms with van der Waals surface area (Å²) in [7, 11) is 1.67. The van der Waals surface area contributed by atoms with Crippen LogP contribution in [0.1, 0.15) is 23.2 Å². The molecule has 1 N–H and O–H groups in total. The number of aromatic amines is 1. The van der Waals surface area contributed by atoms with E-state index in [9.17, 15) is 4.79 Å². The van der Waals surface area contributed by atoms with Crippen LogP contribution in [0.15, 0.2) is 35.0 Å². The van der Waals surface area contributed by atoms with Crippen molar-refractivity contribution in [1.29, 1.82) is 0 Å². The molecule has 1 saturated heterocycles. The van der Waals surface area contributed by atoms with Crippen LogP contribution in [-0.4, -0.2) is 52.7 Å². The van der Waals surface area contributed by atoms with Crippen molar-refractivity contribution in [3.8, 4) is 0 Å². The molecule has 1 aliphatic heterocycles. The van der Waals surface area contributed by atoms with Crippen LogP contribution >= 0.6 is 0 Å². The summed E-state index contributed by atoms with van der Waals surface area (Å²) in [4.78, 5) is 22.4. The monoisotopic (exact) mass is 354 g/mol. The van der Waals surface area contributed by atoms with Gasteiger partial charge in [-0.25, -0.2) is 0 Å². The normalized spacial score (nSPS) is 20.2. The first kappa shape index (κ1) is 16.8. The lowest BCUT2D eigenvalue weighted by molar-refractivity contribution is -0.129. The molecule has 7 nitrogen and oxygen atoms in total. The number of likely N-dealkylation sites (tertiary alicyclic amines) is 1. The number of carbonyl (C=O) groups excluding carboxylic acids is 1. The fourth-order valence-corrected chi connectivity index (χ4v) is 3.75. The molecule has 136 valence electrons. The molecule has 1 aromatic carbocycles. The van der Waals surface area contributed by atoms with E-state index in [2.05, 4.69) is 15.1 Å². The molecule has 1 fully saturated rings. The van der Waals surface area contributed by atoms with Gasteiger partial charge in [-0.2, -0.15) is 4.98 Å². The summed E-state index contributed by atoms with van der Waals surface area (Å²) in [6, 6.07) is 8.03. The first-order chi connectivity index (χ1) is 12.7. The smallest absolute Gasteiger partial charge is 0.231 e. The van der Waals surface area contributed by atoms with E-state index < -0.39 is 0 Å². The van der Waals surface area contributed by atoms with Gasteiger partial charge in [-0.1, -0.05) is 23.4 Å². The molecule has 0 bridgehead atoms. The summed E-state index contributed by atoms with van der Waals surface area (Å²) in [5.74, 6) is 1.48. The van der Waals surface area contributed by atoms with Gasteiger partial charge in [0.15, 0.2) is 5.82 Å². The maximum absolute atomic E-state index is 12.9. The topological polar surface area (TPSA) is 84.2 Å². The van der Waals surface area contributed by atoms with Crippen molar-refractivity contribution in [2.45, 2.75) is 19.3 Å². The van der Waals surface area contributed by atoms with E-state index in [1.165, 1.54) is 0 Å². The van der Waals surface area contributed by atoms with Gasteiger partial charge in [-0.3, -0.25) is 4.79 Å². The first-order valence-corrected chi connectivity index (χ1v) is 8.77. The number of carbonyl (C=O) groups is 1. The van der Waals surface area contributed by atoms with Crippen LogP contribution in [0, 0.1) is 12.8 Å². The molecule has 2 unspecified atom stereocenters. The zero-order valence-electron chi connectivity index (χ0n) is 14.9. The molecule has 0 spiro atoms. The van der Waals surface area contributed by atoms with E-state index in [4.69, 9.17) is 9.26 Å². The van der Waals surface area contributed by atoms with E-state index >= 15 is 0 Å². The average Bonchev–Trinajstić information content (AvgIpc) is 3.34. The fourth-order valence-electron chi connectivity index (χ4n) is 3.75. The molecule has 2 atom stereocenters. The summed E-state index contributed by atoms with van der Waals surface area (Å²) < 4.78 is 10.7. The molecule has 1 aliphatic rings. The molecule has 0 aliphatic carbocycles. The highest BCUT2D eigenvalue weighted by atomic mass is 16.5. The van der Waals surface area contributed by atoms with E-state index in [0.29, 0.717) is 37.8 Å². The third kappa shape index (κ3) is 3.10. The largest absolute Gasteiger partial charge is 0.384 e. The summed E-state index contributed by atoms with van der Waals surface area (Å²) in [5, 5.41) is 4.98. The number of nitrogens with one attached hydrogen (secondary N) is 1. The minimum atomic E-state index is 0.0167. The van der Waals surface area contributed by atoms with E-state index in [1.807, 2.05) is 35.4 Å². The standard InChI is InChI=1S/C19H22N4O3/c1-12-21-19(26-22-12)16-10-23(9-14(16)11-25-2)18(24)7-13-8-20-17-6-4-3-5-15(13)17/h3-6,8,14,16,20H,7,9-11H2,1-2H3. The lowest BCUT2D eigenvalue weighted by Crippen LogP contribution is -2.30. The average molecular weight is 354 g/mol. The highest BCUT2D eigenvalue weighted by molar-refractivity contribution is 5.89. The molecular formula is C19H22N4O3. The van der Waals surface area contributed by atoms with Gasteiger partial charge in [-0.15, -0.1) is 0 Å². The molecular weight excluding hydrogens is 332 g/mol. The van der Waals surface area contributed by atoms with Crippen molar-refractivity contribution in [3.05, 3.63) is 47.7 Å². The number of methoxy groups -OCH3 is 1. The summed E-state index contributed by atoms with van der Waals surface area (Å²) >= 11 is 0. The Morgan fingerprint density at radius 1 is 1.38 bits per heavy atom. The van der Waals surface area contributed by atoms with Gasteiger partial charge >= 0.3 is 0 Å². The lowest BCUT2D eigenvalue weighted by atomic mass is 9.97. The van der Waals surface area contributed by atoms with Gasteiger partial charge in [0, 0.05) is 43.2 Å². The Morgan fingerprint density at radius 2 is 2.23 bits per heavy atom. The predicted octanol–water partition coefficient (Wildman–Crippen LogP) is 2.29. The van der Waals surface area contributed by atoms with Crippen molar-refractivity contribution in [2.75, 3.05) is 26.8 Å². The number of nitrogens with zero attached hydrogens (tertiary/aromatic N) is 3. The van der Waals surface area contributed by atoms with Crippen LogP contribution in [0.4, 0.5) is 0 Å². The van der Waals surface area contributed by atoms with Gasteiger partial charge in [0.25, 0.3) is 0 Å². The number of hydrogen-bond acceptors (Lipinski definition) is 5. The SMILES string of the molecule is COCC1CN(C(=O)Cc2c[nH]c3ccccc23)CC1c1nc(C)no1. The van der Waals surface area contributed by atoms with E-state index in [1.54, 1.807) is 14.0 Å². The number of para-hydroxylation sites is 1. The van der Waals surface area contributed by atoms with Crippen LogP contribution < -0.4 is 0 Å². The second kappa shape index (κ2) is 6.92. The Labute approximate surface area is 151 Å². The lowest BCUT2D eigenvalue weighted by Gasteiger charge is -2.16. The number of H-pyrrole nitrogens is 1. The number of benzene rings is 1. The van der Waals surface area contributed by atoms with E-state index in [-0.39, 0.29) is 17.7 Å². The maximum atomic E-state index is 12.9. The van der Waals surface area contributed by atoms with Crippen LogP contribution in [0.2, 0.25) is 0 Å². The Kier molecular flexibility index (Phi) is 4.46. The third-order valence-corrected chi connectivity index (χ3v) is 5.05. The Hall–Kier alpha value is -2.67. The number of ether oxygens (including phenoxy) is 1. The Bertz CT molecular complexity index is 916. The minimum Gasteiger partial charge on any atom is -0.384 e. The van der Waals surface area contributed by atoms with Gasteiger partial charge in [-0.05, 0) is 18.6 Å². The van der Waals surface area contributed by atoms with Gasteiger partial charge < -0.3 is 19.1 Å². The number of rotatable bonds is 5. The molecule has 1 amide bonds. The summed E-state index contributed by atoms with van der Waals surface area (Å²) in [6.45, 7) is 3.58. The molecule has 3 aromatic rings. The van der Waals surface area contributed by atoms with Crippen LogP contribution in [-0.2, 0) is 16.0 Å². The zero-order valence-corrected chi connectivity index (χ0v) is 14.9.